The lowest BCUT2D eigenvalue weighted by Gasteiger charge is -2.25. The molecule has 0 spiro atoms. The average Bonchev–Trinajstić information content (AvgIpc) is 3.00. The minimum Gasteiger partial charge on any atom is -0.481 e. The molecule has 0 aromatic carbocycles. The summed E-state index contributed by atoms with van der Waals surface area (Å²) >= 11 is 0. The van der Waals surface area contributed by atoms with Gasteiger partial charge in [0.25, 0.3) is 0 Å². The number of aliphatic carboxylic acids is 2. The second kappa shape index (κ2) is 8.97. The molecule has 0 aromatic rings. The van der Waals surface area contributed by atoms with E-state index in [9.17, 15) is 24.0 Å². The summed E-state index contributed by atoms with van der Waals surface area (Å²) < 4.78 is 0. The van der Waals surface area contributed by atoms with Gasteiger partial charge in [-0.3, -0.25) is 24.0 Å². The Morgan fingerprint density at radius 2 is 1.88 bits per heavy atom. The van der Waals surface area contributed by atoms with Crippen molar-refractivity contribution in [2.45, 2.75) is 44.3 Å². The van der Waals surface area contributed by atoms with Crippen molar-refractivity contribution < 1.29 is 34.2 Å². The van der Waals surface area contributed by atoms with Gasteiger partial charge in [-0.25, -0.2) is 0 Å². The van der Waals surface area contributed by atoms with Crippen molar-refractivity contribution in [3.63, 3.8) is 0 Å². The first-order chi connectivity index (χ1) is 11.6. The third-order valence-electron chi connectivity index (χ3n) is 3.75. The van der Waals surface area contributed by atoms with Crippen LogP contribution in [0, 0.1) is 0 Å². The molecule has 11 heteroatoms. The Bertz CT molecular complexity index is 565. The van der Waals surface area contributed by atoms with Gasteiger partial charge >= 0.3 is 11.9 Å². The Balaban J connectivity index is 2.56. The van der Waals surface area contributed by atoms with Crippen LogP contribution in [0.3, 0.4) is 0 Å². The largest absolute Gasteiger partial charge is 0.481 e. The van der Waals surface area contributed by atoms with Crippen molar-refractivity contribution in [3.05, 3.63) is 0 Å². The van der Waals surface area contributed by atoms with Crippen LogP contribution in [0.2, 0.25) is 0 Å². The molecule has 1 rings (SSSR count). The SMILES string of the molecule is CC(NC(=O)C1CCCN1C(=O)CNC(=O)C(N)CC(=O)O)C(=O)O. The minimum atomic E-state index is -1.28. The zero-order valence-electron chi connectivity index (χ0n) is 13.7. The predicted molar refractivity (Wildman–Crippen MR) is 83.2 cm³/mol. The lowest BCUT2D eigenvalue weighted by molar-refractivity contribution is -0.143. The molecule has 1 heterocycles. The molecule has 0 aliphatic carbocycles. The number of carbonyl (C=O) groups excluding carboxylic acids is 3. The van der Waals surface area contributed by atoms with Crippen LogP contribution in [0.15, 0.2) is 0 Å². The fraction of sp³-hybridized carbons (Fsp3) is 0.643. The number of nitrogens with zero attached hydrogens (tertiary/aromatic N) is 1. The van der Waals surface area contributed by atoms with Crippen molar-refractivity contribution >= 4 is 29.7 Å². The van der Waals surface area contributed by atoms with Crippen molar-refractivity contribution in [2.75, 3.05) is 13.1 Å². The van der Waals surface area contributed by atoms with Gasteiger partial charge in [0.2, 0.25) is 17.7 Å². The van der Waals surface area contributed by atoms with Crippen molar-refractivity contribution in [2.24, 2.45) is 5.73 Å². The third kappa shape index (κ3) is 6.03. The molecule has 11 nitrogen and oxygen atoms in total. The predicted octanol–water partition coefficient (Wildman–Crippen LogP) is -2.52. The maximum atomic E-state index is 12.2. The summed E-state index contributed by atoms with van der Waals surface area (Å²) in [7, 11) is 0. The first-order valence-electron chi connectivity index (χ1n) is 7.71. The van der Waals surface area contributed by atoms with Crippen LogP contribution in [0.1, 0.15) is 26.2 Å². The van der Waals surface area contributed by atoms with Crippen LogP contribution in [0.4, 0.5) is 0 Å². The molecule has 1 fully saturated rings. The second-order valence-corrected chi connectivity index (χ2v) is 5.74. The normalized spacial score (nSPS) is 19.0. The highest BCUT2D eigenvalue weighted by atomic mass is 16.4. The maximum absolute atomic E-state index is 12.2. The Morgan fingerprint density at radius 3 is 2.44 bits per heavy atom. The van der Waals surface area contributed by atoms with E-state index >= 15 is 0 Å². The molecule has 0 saturated carbocycles. The summed E-state index contributed by atoms with van der Waals surface area (Å²) in [6.07, 6.45) is 0.385. The Morgan fingerprint density at radius 1 is 1.24 bits per heavy atom. The molecule has 0 radical (unpaired) electrons. The van der Waals surface area contributed by atoms with Crippen LogP contribution in [0.25, 0.3) is 0 Å². The first-order valence-corrected chi connectivity index (χ1v) is 7.71. The van der Waals surface area contributed by atoms with Crippen LogP contribution < -0.4 is 16.4 Å². The van der Waals surface area contributed by atoms with E-state index in [-0.39, 0.29) is 0 Å². The van der Waals surface area contributed by atoms with Crippen LogP contribution in [0.5, 0.6) is 0 Å². The molecule has 6 N–H and O–H groups in total. The number of amides is 3. The molecular weight excluding hydrogens is 336 g/mol. The molecule has 1 saturated heterocycles. The third-order valence-corrected chi connectivity index (χ3v) is 3.75. The standard InChI is InChI=1S/C14H22N4O7/c1-7(14(24)25)17-13(23)9-3-2-4-18(9)10(19)6-16-12(22)8(15)5-11(20)21/h7-9H,2-6,15H2,1H3,(H,16,22)(H,17,23)(H,20,21)(H,24,25). The highest BCUT2D eigenvalue weighted by molar-refractivity contribution is 5.93. The van der Waals surface area contributed by atoms with Crippen molar-refractivity contribution in [1.29, 1.82) is 0 Å². The van der Waals surface area contributed by atoms with E-state index in [2.05, 4.69) is 10.6 Å². The summed E-state index contributed by atoms with van der Waals surface area (Å²) in [6.45, 7) is 1.19. The zero-order chi connectivity index (χ0) is 19.1. The summed E-state index contributed by atoms with van der Waals surface area (Å²) in [5.41, 5.74) is 5.38. The Labute approximate surface area is 143 Å². The highest BCUT2D eigenvalue weighted by Gasteiger charge is 2.35. The molecule has 3 atom stereocenters. The van der Waals surface area contributed by atoms with Crippen LogP contribution >= 0.6 is 0 Å². The molecule has 1 aliphatic heterocycles. The summed E-state index contributed by atoms with van der Waals surface area (Å²) in [5.74, 6) is -4.32. The highest BCUT2D eigenvalue weighted by Crippen LogP contribution is 2.17. The topological polar surface area (TPSA) is 179 Å². The number of carboxylic acid groups (broad SMARTS) is 2. The lowest BCUT2D eigenvalue weighted by Crippen LogP contribution is -2.52. The summed E-state index contributed by atoms with van der Waals surface area (Å²) in [4.78, 5) is 58.4. The van der Waals surface area contributed by atoms with Gasteiger partial charge in [-0.2, -0.15) is 0 Å². The number of carboxylic acids is 2. The van der Waals surface area contributed by atoms with E-state index < -0.39 is 60.8 Å². The van der Waals surface area contributed by atoms with E-state index in [4.69, 9.17) is 15.9 Å². The zero-order valence-corrected chi connectivity index (χ0v) is 13.7. The van der Waals surface area contributed by atoms with Gasteiger partial charge < -0.3 is 31.5 Å². The molecule has 1 aliphatic rings. The molecule has 25 heavy (non-hydrogen) atoms. The van der Waals surface area contributed by atoms with Gasteiger partial charge in [0.15, 0.2) is 0 Å². The Hall–Kier alpha value is -2.69. The monoisotopic (exact) mass is 358 g/mol. The minimum absolute atomic E-state index is 0.301. The van der Waals surface area contributed by atoms with E-state index in [0.29, 0.717) is 19.4 Å². The number of carbonyl (C=O) groups is 5. The lowest BCUT2D eigenvalue weighted by atomic mass is 10.2. The molecule has 0 aromatic heterocycles. The molecule has 3 unspecified atom stereocenters. The average molecular weight is 358 g/mol. The number of hydrogen-bond donors (Lipinski definition) is 5. The summed E-state index contributed by atoms with van der Waals surface area (Å²) in [5, 5.41) is 21.9. The fourth-order valence-electron chi connectivity index (χ4n) is 2.39. The number of nitrogens with one attached hydrogen (secondary N) is 2. The van der Waals surface area contributed by atoms with E-state index in [1.807, 2.05) is 0 Å². The van der Waals surface area contributed by atoms with Gasteiger partial charge in [0, 0.05) is 6.54 Å². The van der Waals surface area contributed by atoms with Gasteiger partial charge in [-0.1, -0.05) is 0 Å². The van der Waals surface area contributed by atoms with E-state index in [1.54, 1.807) is 0 Å². The molecule has 140 valence electrons. The smallest absolute Gasteiger partial charge is 0.325 e. The van der Waals surface area contributed by atoms with Gasteiger partial charge in [-0.15, -0.1) is 0 Å². The van der Waals surface area contributed by atoms with Crippen molar-refractivity contribution in [1.82, 2.24) is 15.5 Å². The number of rotatable bonds is 8. The molecule has 0 bridgehead atoms. The van der Waals surface area contributed by atoms with Gasteiger partial charge in [0.1, 0.15) is 12.1 Å². The number of nitrogens with two attached hydrogens (primary N) is 1. The number of likely N-dealkylation sites (tertiary alicyclic amines) is 1. The van der Waals surface area contributed by atoms with Crippen LogP contribution in [-0.2, 0) is 24.0 Å². The van der Waals surface area contributed by atoms with E-state index in [1.165, 1.54) is 11.8 Å². The first kappa shape index (κ1) is 20.4. The summed E-state index contributed by atoms with van der Waals surface area (Å²) in [6, 6.07) is -3.17. The number of hydrogen-bond acceptors (Lipinski definition) is 6. The van der Waals surface area contributed by atoms with Gasteiger partial charge in [-0.05, 0) is 19.8 Å². The second-order valence-electron chi connectivity index (χ2n) is 5.74. The molecular formula is C14H22N4O7. The van der Waals surface area contributed by atoms with Crippen molar-refractivity contribution in [3.8, 4) is 0 Å². The fourth-order valence-corrected chi connectivity index (χ4v) is 2.39. The Kier molecular flexibility index (Phi) is 7.30. The maximum Gasteiger partial charge on any atom is 0.325 e. The quantitative estimate of drug-likeness (QED) is 0.315. The van der Waals surface area contributed by atoms with E-state index in [0.717, 1.165) is 0 Å². The van der Waals surface area contributed by atoms with Crippen LogP contribution in [-0.4, -0.2) is 76.0 Å². The molecule has 3 amide bonds. The van der Waals surface area contributed by atoms with Gasteiger partial charge in [0.05, 0.1) is 19.0 Å².